The molecule has 1 saturated carbocycles. The van der Waals surface area contributed by atoms with Crippen LogP contribution < -0.4 is 5.32 Å². The van der Waals surface area contributed by atoms with E-state index in [0.29, 0.717) is 25.4 Å². The molecule has 2 aliphatic heterocycles. The van der Waals surface area contributed by atoms with Crippen LogP contribution in [0.2, 0.25) is 0 Å². The number of amides is 2. The molecule has 2 heterocycles. The summed E-state index contributed by atoms with van der Waals surface area (Å²) in [5.41, 5.74) is 1.13. The van der Waals surface area contributed by atoms with Crippen molar-refractivity contribution >= 4 is 22.8 Å². The number of carbonyl (C=O) groups is 2. The number of benzene rings is 2. The van der Waals surface area contributed by atoms with Crippen molar-refractivity contribution in [1.29, 1.82) is 0 Å². The fourth-order valence-electron chi connectivity index (χ4n) is 5.05. The second-order valence-corrected chi connectivity index (χ2v) is 8.25. The zero-order valence-corrected chi connectivity index (χ0v) is 15.3. The molecule has 3 aliphatic rings. The highest BCUT2D eigenvalue weighted by Gasteiger charge is 2.53. The number of cyclic esters (lactones) is 1. The number of rotatable bonds is 2. The molecule has 1 N–H and O–H groups in total. The third-order valence-electron chi connectivity index (χ3n) is 6.54. The lowest BCUT2D eigenvalue weighted by atomic mass is 9.68. The lowest BCUT2D eigenvalue weighted by Gasteiger charge is -2.45. The first-order valence-corrected chi connectivity index (χ1v) is 9.85. The number of hydrogen-bond acceptors (Lipinski definition) is 3. The smallest absolute Gasteiger partial charge is 0.407 e. The molecule has 0 unspecified atom stereocenters. The Morgan fingerprint density at radius 1 is 1.07 bits per heavy atom. The van der Waals surface area contributed by atoms with Crippen LogP contribution in [0.1, 0.15) is 37.2 Å². The number of ether oxygens (including phenoxy) is 1. The summed E-state index contributed by atoms with van der Waals surface area (Å²) < 4.78 is 5.01. The molecule has 0 radical (unpaired) electrons. The maximum atomic E-state index is 12.8. The van der Waals surface area contributed by atoms with E-state index >= 15 is 0 Å². The summed E-state index contributed by atoms with van der Waals surface area (Å²) in [7, 11) is 0. The first kappa shape index (κ1) is 16.6. The number of hydrogen-bond donors (Lipinski definition) is 1. The van der Waals surface area contributed by atoms with E-state index in [4.69, 9.17) is 4.74 Å². The average Bonchev–Trinajstić information content (AvgIpc) is 3.08. The van der Waals surface area contributed by atoms with Crippen LogP contribution in [0.3, 0.4) is 0 Å². The van der Waals surface area contributed by atoms with Crippen LogP contribution in [0.5, 0.6) is 0 Å². The number of fused-ring (bicyclic) bond motifs is 1. The van der Waals surface area contributed by atoms with Gasteiger partial charge in [0.15, 0.2) is 0 Å². The van der Waals surface area contributed by atoms with E-state index < -0.39 is 0 Å². The molecule has 5 heteroatoms. The van der Waals surface area contributed by atoms with Crippen molar-refractivity contribution in [1.82, 2.24) is 10.2 Å². The Morgan fingerprint density at radius 2 is 1.81 bits per heavy atom. The van der Waals surface area contributed by atoms with Gasteiger partial charge in [0, 0.05) is 19.0 Å². The zero-order valence-electron chi connectivity index (χ0n) is 15.3. The number of carbonyl (C=O) groups excluding carboxylic acids is 2. The summed E-state index contributed by atoms with van der Waals surface area (Å²) in [5.74, 6) is 0.787. The van der Waals surface area contributed by atoms with Crippen molar-refractivity contribution in [2.24, 2.45) is 5.92 Å². The highest BCUT2D eigenvalue weighted by Crippen LogP contribution is 2.42. The minimum Gasteiger partial charge on any atom is -0.447 e. The highest BCUT2D eigenvalue weighted by molar-refractivity contribution is 5.86. The van der Waals surface area contributed by atoms with Crippen LogP contribution in [0.15, 0.2) is 42.5 Å². The first-order valence-electron chi connectivity index (χ1n) is 9.85. The Morgan fingerprint density at radius 3 is 2.56 bits per heavy atom. The van der Waals surface area contributed by atoms with E-state index in [-0.39, 0.29) is 23.5 Å². The average molecular weight is 364 g/mol. The van der Waals surface area contributed by atoms with E-state index in [1.54, 1.807) is 0 Å². The summed E-state index contributed by atoms with van der Waals surface area (Å²) in [4.78, 5) is 26.1. The third kappa shape index (κ3) is 2.85. The van der Waals surface area contributed by atoms with Crippen LogP contribution in [0.4, 0.5) is 4.79 Å². The molecular formula is C22H24N2O3. The quantitative estimate of drug-likeness (QED) is 0.888. The van der Waals surface area contributed by atoms with Crippen LogP contribution in [-0.2, 0) is 9.53 Å². The SMILES string of the molecule is O=C1N[C@]2(CO1)C[C@H](C(=O)N1CCC(c3cccc4ccccc34)CC1)C2. The summed E-state index contributed by atoms with van der Waals surface area (Å²) in [6.45, 7) is 2.04. The minimum absolute atomic E-state index is 0.0288. The molecule has 1 spiro atoms. The number of piperidine rings is 1. The van der Waals surface area contributed by atoms with Gasteiger partial charge in [0.1, 0.15) is 6.61 Å². The minimum atomic E-state index is -0.350. The zero-order chi connectivity index (χ0) is 18.4. The maximum Gasteiger partial charge on any atom is 0.407 e. The van der Waals surface area contributed by atoms with Crippen molar-refractivity contribution in [3.05, 3.63) is 48.0 Å². The normalized spacial score (nSPS) is 28.1. The molecule has 1 aliphatic carbocycles. The van der Waals surface area contributed by atoms with Gasteiger partial charge in [-0.05, 0) is 47.9 Å². The molecule has 2 aromatic carbocycles. The fourth-order valence-corrected chi connectivity index (χ4v) is 5.05. The number of likely N-dealkylation sites (tertiary alicyclic amines) is 1. The van der Waals surface area contributed by atoms with Gasteiger partial charge in [-0.3, -0.25) is 4.79 Å². The van der Waals surface area contributed by atoms with Gasteiger partial charge in [-0.2, -0.15) is 0 Å². The Hall–Kier alpha value is -2.56. The van der Waals surface area contributed by atoms with E-state index in [1.807, 2.05) is 4.90 Å². The molecule has 0 atom stereocenters. The van der Waals surface area contributed by atoms with Gasteiger partial charge in [-0.25, -0.2) is 4.79 Å². The first-order chi connectivity index (χ1) is 13.1. The summed E-state index contributed by atoms with van der Waals surface area (Å²) >= 11 is 0. The standard InChI is InChI=1S/C22H24N2O3/c25-20(17-12-22(13-17)14-27-21(26)23-22)24-10-8-16(9-11-24)19-7-3-5-15-4-1-2-6-18(15)19/h1-7,16-17H,8-14H2,(H,23,26)/t17-,22+. The second kappa shape index (κ2) is 6.25. The molecule has 140 valence electrons. The molecule has 0 bridgehead atoms. The molecular weight excluding hydrogens is 340 g/mol. The van der Waals surface area contributed by atoms with Gasteiger partial charge in [0.2, 0.25) is 5.91 Å². The van der Waals surface area contributed by atoms with Crippen molar-refractivity contribution in [3.8, 4) is 0 Å². The van der Waals surface area contributed by atoms with Crippen LogP contribution in [0, 0.1) is 5.92 Å². The monoisotopic (exact) mass is 364 g/mol. The van der Waals surface area contributed by atoms with Gasteiger partial charge >= 0.3 is 6.09 Å². The van der Waals surface area contributed by atoms with Crippen LogP contribution >= 0.6 is 0 Å². The number of nitrogens with one attached hydrogen (secondary N) is 1. The van der Waals surface area contributed by atoms with Crippen molar-refractivity contribution in [3.63, 3.8) is 0 Å². The Kier molecular flexibility index (Phi) is 3.85. The number of alkyl carbamates (subject to hydrolysis) is 1. The lowest BCUT2D eigenvalue weighted by molar-refractivity contribution is -0.142. The Bertz CT molecular complexity index is 890. The summed E-state index contributed by atoms with van der Waals surface area (Å²) in [6.07, 6.45) is 3.09. The largest absolute Gasteiger partial charge is 0.447 e. The second-order valence-electron chi connectivity index (χ2n) is 8.25. The van der Waals surface area contributed by atoms with E-state index in [1.165, 1.54) is 16.3 Å². The molecule has 3 fully saturated rings. The van der Waals surface area contributed by atoms with Crippen molar-refractivity contribution in [2.75, 3.05) is 19.7 Å². The van der Waals surface area contributed by atoms with E-state index in [0.717, 1.165) is 25.9 Å². The van der Waals surface area contributed by atoms with Gasteiger partial charge in [-0.15, -0.1) is 0 Å². The fraction of sp³-hybridized carbons (Fsp3) is 0.455. The Labute approximate surface area is 158 Å². The predicted molar refractivity (Wildman–Crippen MR) is 102 cm³/mol. The third-order valence-corrected chi connectivity index (χ3v) is 6.54. The van der Waals surface area contributed by atoms with Gasteiger partial charge in [-0.1, -0.05) is 42.5 Å². The molecule has 2 amide bonds. The topological polar surface area (TPSA) is 58.6 Å². The summed E-state index contributed by atoms with van der Waals surface area (Å²) in [6, 6.07) is 15.1. The maximum absolute atomic E-state index is 12.8. The van der Waals surface area contributed by atoms with Crippen LogP contribution in [0.25, 0.3) is 10.8 Å². The van der Waals surface area contributed by atoms with E-state index in [2.05, 4.69) is 47.8 Å². The van der Waals surface area contributed by atoms with Gasteiger partial charge in [0.05, 0.1) is 5.54 Å². The molecule has 5 rings (SSSR count). The van der Waals surface area contributed by atoms with Gasteiger partial charge < -0.3 is 15.0 Å². The predicted octanol–water partition coefficient (Wildman–Crippen LogP) is 3.43. The molecule has 5 nitrogen and oxygen atoms in total. The van der Waals surface area contributed by atoms with Gasteiger partial charge in [0.25, 0.3) is 0 Å². The number of nitrogens with zero attached hydrogens (tertiary/aromatic N) is 1. The molecule has 27 heavy (non-hydrogen) atoms. The van der Waals surface area contributed by atoms with Crippen LogP contribution in [-0.4, -0.2) is 42.1 Å². The summed E-state index contributed by atoms with van der Waals surface area (Å²) in [5, 5.41) is 5.49. The molecule has 2 saturated heterocycles. The Balaban J connectivity index is 1.22. The van der Waals surface area contributed by atoms with Crippen molar-refractivity contribution in [2.45, 2.75) is 37.1 Å². The lowest BCUT2D eigenvalue weighted by Crippen LogP contribution is -2.58. The molecule has 2 aromatic rings. The van der Waals surface area contributed by atoms with E-state index in [9.17, 15) is 9.59 Å². The molecule has 0 aromatic heterocycles. The highest BCUT2D eigenvalue weighted by atomic mass is 16.6. The van der Waals surface area contributed by atoms with Crippen molar-refractivity contribution < 1.29 is 14.3 Å².